The lowest BCUT2D eigenvalue weighted by atomic mass is 9.78. The van der Waals surface area contributed by atoms with Gasteiger partial charge in [-0.05, 0) is 83.6 Å². The first-order valence-electron chi connectivity index (χ1n) is 10.4. The van der Waals surface area contributed by atoms with Gasteiger partial charge in [0.25, 0.3) is 20.2 Å². The molecule has 3 rings (SSSR count). The molecule has 31 heavy (non-hydrogen) atoms. The van der Waals surface area contributed by atoms with Crippen molar-refractivity contribution in [2.45, 2.75) is 74.9 Å². The van der Waals surface area contributed by atoms with E-state index in [0.717, 1.165) is 11.1 Å². The molecular formula is C23H30O6S2. The van der Waals surface area contributed by atoms with Gasteiger partial charge in [-0.2, -0.15) is 16.8 Å². The number of hydrogen-bond acceptors (Lipinski definition) is 6. The van der Waals surface area contributed by atoms with E-state index in [2.05, 4.69) is 0 Å². The van der Waals surface area contributed by atoms with Crippen LogP contribution in [0, 0.1) is 19.8 Å². The first kappa shape index (κ1) is 23.9. The van der Waals surface area contributed by atoms with Gasteiger partial charge in [0.15, 0.2) is 0 Å². The number of aryl methyl sites for hydroxylation is 2. The highest BCUT2D eigenvalue weighted by Crippen LogP contribution is 2.38. The number of rotatable bonds is 7. The van der Waals surface area contributed by atoms with Crippen molar-refractivity contribution in [3.8, 4) is 0 Å². The van der Waals surface area contributed by atoms with Crippen molar-refractivity contribution in [3.05, 3.63) is 59.7 Å². The molecule has 1 aliphatic rings. The maximum absolute atomic E-state index is 12.7. The summed E-state index contributed by atoms with van der Waals surface area (Å²) in [6.07, 6.45) is 1.85. The Balaban J connectivity index is 1.61. The monoisotopic (exact) mass is 466 g/mol. The molecule has 6 nitrogen and oxygen atoms in total. The second-order valence-electron chi connectivity index (χ2n) is 8.79. The van der Waals surface area contributed by atoms with E-state index in [-0.39, 0.29) is 15.7 Å². The average Bonchev–Trinajstić information content (AvgIpc) is 2.68. The molecule has 1 saturated carbocycles. The van der Waals surface area contributed by atoms with Crippen LogP contribution in [-0.2, 0) is 28.6 Å². The molecule has 0 amide bonds. The summed E-state index contributed by atoms with van der Waals surface area (Å²) < 4.78 is 61.6. The Morgan fingerprint density at radius 2 is 1.13 bits per heavy atom. The van der Waals surface area contributed by atoms with Crippen LogP contribution in [0.15, 0.2) is 58.3 Å². The summed E-state index contributed by atoms with van der Waals surface area (Å²) in [6.45, 7) is 7.32. The van der Waals surface area contributed by atoms with Crippen molar-refractivity contribution in [1.29, 1.82) is 0 Å². The second-order valence-corrected chi connectivity index (χ2v) is 11.9. The number of hydrogen-bond donors (Lipinski definition) is 0. The zero-order chi connectivity index (χ0) is 22.9. The predicted octanol–water partition coefficient (Wildman–Crippen LogP) is 4.75. The first-order chi connectivity index (χ1) is 14.4. The SMILES string of the molecule is Cc1ccc(S(=O)(=O)OC2CCC(C(C)(C)OS(=O)(=O)c3ccc(C)cc3)CC2)cc1. The molecule has 0 atom stereocenters. The van der Waals surface area contributed by atoms with Crippen LogP contribution in [0.2, 0.25) is 0 Å². The molecule has 0 radical (unpaired) electrons. The van der Waals surface area contributed by atoms with Gasteiger partial charge in [0, 0.05) is 0 Å². The van der Waals surface area contributed by atoms with Crippen molar-refractivity contribution in [1.82, 2.24) is 0 Å². The largest absolute Gasteiger partial charge is 0.297 e. The van der Waals surface area contributed by atoms with Crippen molar-refractivity contribution >= 4 is 20.2 Å². The molecule has 0 aliphatic heterocycles. The Morgan fingerprint density at radius 1 is 0.710 bits per heavy atom. The third kappa shape index (κ3) is 5.94. The van der Waals surface area contributed by atoms with Gasteiger partial charge < -0.3 is 0 Å². The Hall–Kier alpha value is -1.74. The van der Waals surface area contributed by atoms with Crippen LogP contribution in [0.3, 0.4) is 0 Å². The van der Waals surface area contributed by atoms with Crippen molar-refractivity contribution < 1.29 is 25.2 Å². The summed E-state index contributed by atoms with van der Waals surface area (Å²) in [5, 5.41) is 0. The van der Waals surface area contributed by atoms with E-state index < -0.39 is 31.9 Å². The summed E-state index contributed by atoms with van der Waals surface area (Å²) in [6, 6.07) is 13.1. The lowest BCUT2D eigenvalue weighted by Gasteiger charge is -2.38. The minimum absolute atomic E-state index is 0.0327. The standard InChI is InChI=1S/C23H30O6S2/c1-17-5-13-21(14-6-17)30(24,25)28-20-11-9-19(10-12-20)23(3,4)29-31(26,27)22-15-7-18(2)8-16-22/h5-8,13-16,19-20H,9-12H2,1-4H3. The Labute approximate surface area is 185 Å². The first-order valence-corrected chi connectivity index (χ1v) is 13.2. The quantitative estimate of drug-likeness (QED) is 0.547. The van der Waals surface area contributed by atoms with E-state index in [1.807, 2.05) is 13.8 Å². The van der Waals surface area contributed by atoms with Crippen LogP contribution >= 0.6 is 0 Å². The summed E-state index contributed by atoms with van der Waals surface area (Å²) in [7, 11) is -7.72. The lowest BCUT2D eigenvalue weighted by molar-refractivity contribution is 0.0113. The molecule has 0 unspecified atom stereocenters. The van der Waals surface area contributed by atoms with Crippen LogP contribution in [-0.4, -0.2) is 28.5 Å². The van der Waals surface area contributed by atoms with Crippen LogP contribution in [0.5, 0.6) is 0 Å². The summed E-state index contributed by atoms with van der Waals surface area (Å²) in [5.41, 5.74) is 1.03. The Bertz CT molecular complexity index is 1090. The van der Waals surface area contributed by atoms with E-state index in [1.54, 1.807) is 62.4 Å². The highest BCUT2D eigenvalue weighted by molar-refractivity contribution is 7.87. The third-order valence-electron chi connectivity index (χ3n) is 5.86. The highest BCUT2D eigenvalue weighted by atomic mass is 32.2. The fourth-order valence-electron chi connectivity index (χ4n) is 3.90. The molecule has 170 valence electrons. The van der Waals surface area contributed by atoms with Crippen LogP contribution in [0.1, 0.15) is 50.7 Å². The minimum Gasteiger partial charge on any atom is -0.263 e. The molecule has 0 bridgehead atoms. The molecule has 1 aliphatic carbocycles. The highest BCUT2D eigenvalue weighted by Gasteiger charge is 2.39. The summed E-state index contributed by atoms with van der Waals surface area (Å²) >= 11 is 0. The minimum atomic E-state index is -3.89. The molecule has 1 fully saturated rings. The molecule has 8 heteroatoms. The number of benzene rings is 2. The average molecular weight is 467 g/mol. The second kappa shape index (κ2) is 9.02. The smallest absolute Gasteiger partial charge is 0.263 e. The van der Waals surface area contributed by atoms with E-state index in [9.17, 15) is 16.8 Å². The van der Waals surface area contributed by atoms with Gasteiger partial charge in [-0.1, -0.05) is 35.4 Å². The molecule has 0 heterocycles. The van der Waals surface area contributed by atoms with E-state index in [1.165, 1.54) is 0 Å². The fraction of sp³-hybridized carbons (Fsp3) is 0.478. The van der Waals surface area contributed by atoms with Gasteiger partial charge >= 0.3 is 0 Å². The molecule has 0 N–H and O–H groups in total. The molecule has 2 aromatic rings. The Kier molecular flexibility index (Phi) is 6.96. The lowest BCUT2D eigenvalue weighted by Crippen LogP contribution is -2.40. The van der Waals surface area contributed by atoms with Crippen molar-refractivity contribution in [2.75, 3.05) is 0 Å². The molecule has 0 spiro atoms. The van der Waals surface area contributed by atoms with Crippen molar-refractivity contribution in [3.63, 3.8) is 0 Å². The maximum atomic E-state index is 12.7. The Morgan fingerprint density at radius 3 is 1.58 bits per heavy atom. The normalized spacial score (nSPS) is 20.5. The van der Waals surface area contributed by atoms with E-state index in [0.29, 0.717) is 25.7 Å². The zero-order valence-electron chi connectivity index (χ0n) is 18.4. The van der Waals surface area contributed by atoms with Gasteiger partial charge in [0.05, 0.1) is 21.5 Å². The molecular weight excluding hydrogens is 436 g/mol. The van der Waals surface area contributed by atoms with Gasteiger partial charge in [-0.15, -0.1) is 0 Å². The maximum Gasteiger partial charge on any atom is 0.297 e. The predicted molar refractivity (Wildman–Crippen MR) is 119 cm³/mol. The molecule has 2 aromatic carbocycles. The summed E-state index contributed by atoms with van der Waals surface area (Å²) in [5.74, 6) is -0.0327. The van der Waals surface area contributed by atoms with E-state index >= 15 is 0 Å². The van der Waals surface area contributed by atoms with Crippen molar-refractivity contribution in [2.24, 2.45) is 5.92 Å². The van der Waals surface area contributed by atoms with Gasteiger partial charge in [0.1, 0.15) is 0 Å². The fourth-order valence-corrected chi connectivity index (χ4v) is 6.30. The van der Waals surface area contributed by atoms with E-state index in [4.69, 9.17) is 8.37 Å². The van der Waals surface area contributed by atoms with Crippen LogP contribution in [0.25, 0.3) is 0 Å². The zero-order valence-corrected chi connectivity index (χ0v) is 20.0. The van der Waals surface area contributed by atoms with Gasteiger partial charge in [0.2, 0.25) is 0 Å². The topological polar surface area (TPSA) is 86.7 Å². The van der Waals surface area contributed by atoms with Gasteiger partial charge in [-0.3, -0.25) is 8.37 Å². The molecule has 0 saturated heterocycles. The third-order valence-corrected chi connectivity index (χ3v) is 8.74. The van der Waals surface area contributed by atoms with Crippen LogP contribution < -0.4 is 0 Å². The molecule has 0 aromatic heterocycles. The van der Waals surface area contributed by atoms with Crippen LogP contribution in [0.4, 0.5) is 0 Å². The summed E-state index contributed by atoms with van der Waals surface area (Å²) in [4.78, 5) is 0.278. The van der Waals surface area contributed by atoms with Gasteiger partial charge in [-0.25, -0.2) is 0 Å².